The van der Waals surface area contributed by atoms with Crippen LogP contribution in [-0.4, -0.2) is 19.6 Å². The summed E-state index contributed by atoms with van der Waals surface area (Å²) in [6, 6.07) is 9.08. The first-order valence-electron chi connectivity index (χ1n) is 7.73. The Kier molecular flexibility index (Phi) is 5.26. The van der Waals surface area contributed by atoms with Crippen LogP contribution in [0, 0.1) is 11.8 Å². The van der Waals surface area contributed by atoms with Gasteiger partial charge in [-0.2, -0.15) is 0 Å². The zero-order chi connectivity index (χ0) is 13.7. The van der Waals surface area contributed by atoms with E-state index in [2.05, 4.69) is 55.3 Å². The van der Waals surface area contributed by atoms with Crippen molar-refractivity contribution < 1.29 is 0 Å². The van der Waals surface area contributed by atoms with E-state index in [-0.39, 0.29) is 0 Å². The molecule has 0 saturated heterocycles. The molecule has 2 nitrogen and oxygen atoms in total. The van der Waals surface area contributed by atoms with Crippen LogP contribution in [0.4, 0.5) is 5.69 Å². The number of nitrogens with one attached hydrogen (secondary N) is 1. The Morgan fingerprint density at radius 3 is 2.42 bits per heavy atom. The average Bonchev–Trinajstić information content (AvgIpc) is 3.20. The number of nitrogens with zero attached hydrogens (tertiary/aromatic N) is 1. The maximum absolute atomic E-state index is 3.49. The molecule has 0 unspecified atom stereocenters. The molecule has 0 aromatic heterocycles. The number of anilines is 1. The SMILES string of the molecule is CCN(CC1CC1)c1ccc(CNCC(C)C)cc1. The summed E-state index contributed by atoms with van der Waals surface area (Å²) in [7, 11) is 0. The van der Waals surface area contributed by atoms with Gasteiger partial charge in [-0.25, -0.2) is 0 Å². The van der Waals surface area contributed by atoms with Crippen molar-refractivity contribution in [1.82, 2.24) is 5.32 Å². The lowest BCUT2D eigenvalue weighted by Gasteiger charge is -2.23. The molecule has 106 valence electrons. The van der Waals surface area contributed by atoms with E-state index in [0.29, 0.717) is 5.92 Å². The predicted octanol–water partition coefficient (Wildman–Crippen LogP) is 3.67. The molecule has 0 aliphatic heterocycles. The summed E-state index contributed by atoms with van der Waals surface area (Å²) < 4.78 is 0. The fourth-order valence-corrected chi connectivity index (χ4v) is 2.36. The van der Waals surface area contributed by atoms with Crippen molar-refractivity contribution in [2.75, 3.05) is 24.5 Å². The molecule has 0 bridgehead atoms. The van der Waals surface area contributed by atoms with Gasteiger partial charge in [0.15, 0.2) is 0 Å². The minimum absolute atomic E-state index is 0.716. The molecule has 0 amide bonds. The third-order valence-electron chi connectivity index (χ3n) is 3.74. The van der Waals surface area contributed by atoms with Crippen molar-refractivity contribution in [2.45, 2.75) is 40.2 Å². The van der Waals surface area contributed by atoms with Gasteiger partial charge in [0.05, 0.1) is 0 Å². The first kappa shape index (κ1) is 14.4. The van der Waals surface area contributed by atoms with E-state index in [4.69, 9.17) is 0 Å². The molecule has 1 aliphatic rings. The second kappa shape index (κ2) is 6.95. The van der Waals surface area contributed by atoms with Crippen molar-refractivity contribution in [3.05, 3.63) is 29.8 Å². The Morgan fingerprint density at radius 2 is 1.89 bits per heavy atom. The molecule has 1 aromatic carbocycles. The highest BCUT2D eigenvalue weighted by Gasteiger charge is 2.23. The van der Waals surface area contributed by atoms with E-state index >= 15 is 0 Å². The molecule has 1 aromatic rings. The van der Waals surface area contributed by atoms with Crippen LogP contribution in [0.25, 0.3) is 0 Å². The lowest BCUT2D eigenvalue weighted by atomic mass is 10.1. The van der Waals surface area contributed by atoms with Gasteiger partial charge in [0.1, 0.15) is 0 Å². The summed E-state index contributed by atoms with van der Waals surface area (Å²) in [5.74, 6) is 1.67. The molecule has 0 radical (unpaired) electrons. The van der Waals surface area contributed by atoms with Crippen molar-refractivity contribution in [3.63, 3.8) is 0 Å². The number of rotatable bonds is 8. The van der Waals surface area contributed by atoms with Crippen LogP contribution < -0.4 is 10.2 Å². The third kappa shape index (κ3) is 4.87. The van der Waals surface area contributed by atoms with Gasteiger partial charge in [0.25, 0.3) is 0 Å². The van der Waals surface area contributed by atoms with Crippen LogP contribution in [0.5, 0.6) is 0 Å². The highest BCUT2D eigenvalue weighted by Crippen LogP contribution is 2.31. The van der Waals surface area contributed by atoms with E-state index in [1.807, 2.05) is 0 Å². The predicted molar refractivity (Wildman–Crippen MR) is 83.6 cm³/mol. The molecular formula is C17H28N2. The fraction of sp³-hybridized carbons (Fsp3) is 0.647. The summed E-state index contributed by atoms with van der Waals surface area (Å²) in [4.78, 5) is 2.50. The normalized spacial score (nSPS) is 14.9. The lowest BCUT2D eigenvalue weighted by molar-refractivity contribution is 0.552. The van der Waals surface area contributed by atoms with Crippen molar-refractivity contribution in [2.24, 2.45) is 11.8 Å². The highest BCUT2D eigenvalue weighted by molar-refractivity contribution is 5.47. The van der Waals surface area contributed by atoms with Crippen molar-refractivity contribution >= 4 is 5.69 Å². The molecule has 0 atom stereocenters. The third-order valence-corrected chi connectivity index (χ3v) is 3.74. The second-order valence-corrected chi connectivity index (χ2v) is 6.17. The molecule has 2 rings (SSSR count). The molecule has 1 N–H and O–H groups in total. The smallest absolute Gasteiger partial charge is 0.0366 e. The molecule has 0 spiro atoms. The summed E-state index contributed by atoms with van der Waals surface area (Å²) in [6.07, 6.45) is 2.85. The van der Waals surface area contributed by atoms with E-state index < -0.39 is 0 Å². The van der Waals surface area contributed by atoms with E-state index in [1.54, 1.807) is 0 Å². The van der Waals surface area contributed by atoms with Crippen LogP contribution in [0.3, 0.4) is 0 Å². The maximum Gasteiger partial charge on any atom is 0.0366 e. The Hall–Kier alpha value is -1.02. The largest absolute Gasteiger partial charge is 0.372 e. The van der Waals surface area contributed by atoms with Crippen LogP contribution in [0.1, 0.15) is 39.2 Å². The van der Waals surface area contributed by atoms with Gasteiger partial charge >= 0.3 is 0 Å². The van der Waals surface area contributed by atoms with Gasteiger partial charge in [-0.1, -0.05) is 26.0 Å². The Balaban J connectivity index is 1.85. The summed E-state index contributed by atoms with van der Waals surface area (Å²) >= 11 is 0. The molecule has 1 aliphatic carbocycles. The van der Waals surface area contributed by atoms with Crippen LogP contribution in [0.2, 0.25) is 0 Å². The average molecular weight is 260 g/mol. The van der Waals surface area contributed by atoms with Crippen LogP contribution >= 0.6 is 0 Å². The van der Waals surface area contributed by atoms with Crippen molar-refractivity contribution in [3.8, 4) is 0 Å². The molecule has 19 heavy (non-hydrogen) atoms. The number of hydrogen-bond acceptors (Lipinski definition) is 2. The van der Waals surface area contributed by atoms with E-state index in [0.717, 1.165) is 25.6 Å². The van der Waals surface area contributed by atoms with Crippen molar-refractivity contribution in [1.29, 1.82) is 0 Å². The van der Waals surface area contributed by atoms with Crippen LogP contribution in [-0.2, 0) is 6.54 Å². The monoisotopic (exact) mass is 260 g/mol. The first-order valence-corrected chi connectivity index (χ1v) is 7.73. The maximum atomic E-state index is 3.49. The quantitative estimate of drug-likeness (QED) is 0.767. The summed E-state index contributed by atoms with van der Waals surface area (Å²) in [5.41, 5.74) is 2.76. The van der Waals surface area contributed by atoms with Gasteiger partial charge < -0.3 is 10.2 Å². The summed E-state index contributed by atoms with van der Waals surface area (Å²) in [5, 5.41) is 3.49. The van der Waals surface area contributed by atoms with E-state index in [9.17, 15) is 0 Å². The standard InChI is InChI=1S/C17H28N2/c1-4-19(13-16-5-6-16)17-9-7-15(8-10-17)12-18-11-14(2)3/h7-10,14,16,18H,4-6,11-13H2,1-3H3. The number of benzene rings is 1. The van der Waals surface area contributed by atoms with Gasteiger partial charge in [0.2, 0.25) is 0 Å². The minimum atomic E-state index is 0.716. The molecular weight excluding hydrogens is 232 g/mol. The highest BCUT2D eigenvalue weighted by atomic mass is 15.1. The molecule has 0 heterocycles. The summed E-state index contributed by atoms with van der Waals surface area (Å²) in [6.45, 7) is 11.2. The van der Waals surface area contributed by atoms with Gasteiger partial charge in [0, 0.05) is 25.3 Å². The van der Waals surface area contributed by atoms with E-state index in [1.165, 1.54) is 30.6 Å². The zero-order valence-electron chi connectivity index (χ0n) is 12.7. The van der Waals surface area contributed by atoms with Gasteiger partial charge in [-0.05, 0) is 55.8 Å². The topological polar surface area (TPSA) is 15.3 Å². The Labute approximate surface area is 118 Å². The minimum Gasteiger partial charge on any atom is -0.372 e. The Morgan fingerprint density at radius 1 is 1.21 bits per heavy atom. The fourth-order valence-electron chi connectivity index (χ4n) is 2.36. The molecule has 2 heteroatoms. The van der Waals surface area contributed by atoms with Crippen LogP contribution in [0.15, 0.2) is 24.3 Å². The molecule has 1 fully saturated rings. The Bertz CT molecular complexity index is 365. The zero-order valence-corrected chi connectivity index (χ0v) is 12.7. The lowest BCUT2D eigenvalue weighted by Crippen LogP contribution is -2.25. The van der Waals surface area contributed by atoms with Gasteiger partial charge in [-0.15, -0.1) is 0 Å². The second-order valence-electron chi connectivity index (χ2n) is 6.17. The molecule has 1 saturated carbocycles. The number of hydrogen-bond donors (Lipinski definition) is 1. The van der Waals surface area contributed by atoms with Gasteiger partial charge in [-0.3, -0.25) is 0 Å². The first-order chi connectivity index (χ1) is 9.19.